The normalized spacial score (nSPS) is 15.0. The number of hydrogen-bond acceptors (Lipinski definition) is 3. The molecule has 22 heavy (non-hydrogen) atoms. The highest BCUT2D eigenvalue weighted by Gasteiger charge is 2.29. The first-order valence-corrected chi connectivity index (χ1v) is 7.10. The molecule has 6 heteroatoms. The number of nitrogens with zero attached hydrogens (tertiary/aromatic N) is 1. The zero-order valence-electron chi connectivity index (χ0n) is 13.2. The first kappa shape index (κ1) is 18.1. The monoisotopic (exact) mass is 309 g/mol. The Morgan fingerprint density at radius 1 is 1.36 bits per heavy atom. The third-order valence-corrected chi connectivity index (χ3v) is 3.78. The van der Waals surface area contributed by atoms with E-state index < -0.39 is 23.2 Å². The molecule has 0 spiro atoms. The maximum Gasteiger partial charge on any atom is 0.235 e. The second kappa shape index (κ2) is 7.32. The predicted octanol–water partition coefficient (Wildman–Crippen LogP) is 2.67. The van der Waals surface area contributed by atoms with Crippen molar-refractivity contribution in [3.05, 3.63) is 35.4 Å². The maximum absolute atomic E-state index is 13.6. The number of nitrogens with one attached hydrogen (secondary N) is 2. The molecule has 1 rings (SSSR count). The minimum absolute atomic E-state index is 0.0478. The van der Waals surface area contributed by atoms with Gasteiger partial charge in [-0.05, 0) is 25.8 Å². The lowest BCUT2D eigenvalue weighted by atomic mass is 9.90. The van der Waals surface area contributed by atoms with E-state index in [0.29, 0.717) is 0 Å². The molecular weight excluding hydrogens is 288 g/mol. The van der Waals surface area contributed by atoms with Crippen molar-refractivity contribution in [3.63, 3.8) is 0 Å². The number of hydrogen-bond donors (Lipinski definition) is 2. The summed E-state index contributed by atoms with van der Waals surface area (Å²) in [7, 11) is 0. The van der Waals surface area contributed by atoms with Crippen LogP contribution in [0.3, 0.4) is 0 Å². The Morgan fingerprint density at radius 2 is 2.00 bits per heavy atom. The summed E-state index contributed by atoms with van der Waals surface area (Å²) in [6.07, 6.45) is 0. The Hall–Kier alpha value is -2.00. The molecule has 0 aliphatic heterocycles. The Labute approximate surface area is 129 Å². The van der Waals surface area contributed by atoms with E-state index in [-0.39, 0.29) is 23.9 Å². The average molecular weight is 309 g/mol. The third kappa shape index (κ3) is 4.50. The van der Waals surface area contributed by atoms with Crippen LogP contribution in [0, 0.1) is 28.9 Å². The molecule has 0 heterocycles. The molecule has 2 N–H and O–H groups in total. The molecule has 2 atom stereocenters. The number of benzene rings is 1. The SMILES string of the molecule is CC(C)[C@](C)(C#N)NC(=O)CN[C@H](C)c1ccc(F)cc1F. The molecule has 0 bridgehead atoms. The van der Waals surface area contributed by atoms with Crippen molar-refractivity contribution in [1.82, 2.24) is 10.6 Å². The fourth-order valence-electron chi connectivity index (χ4n) is 1.84. The lowest BCUT2D eigenvalue weighted by molar-refractivity contribution is -0.122. The van der Waals surface area contributed by atoms with E-state index in [1.165, 1.54) is 12.1 Å². The van der Waals surface area contributed by atoms with E-state index in [2.05, 4.69) is 16.7 Å². The maximum atomic E-state index is 13.6. The van der Waals surface area contributed by atoms with Crippen LogP contribution in [0.15, 0.2) is 18.2 Å². The van der Waals surface area contributed by atoms with Gasteiger partial charge in [0.2, 0.25) is 5.91 Å². The van der Waals surface area contributed by atoms with Crippen molar-refractivity contribution in [1.29, 1.82) is 5.26 Å². The molecule has 1 aromatic carbocycles. The predicted molar refractivity (Wildman–Crippen MR) is 79.8 cm³/mol. The van der Waals surface area contributed by atoms with E-state index >= 15 is 0 Å². The summed E-state index contributed by atoms with van der Waals surface area (Å²) < 4.78 is 26.5. The first-order chi connectivity index (χ1) is 10.2. The van der Waals surface area contributed by atoms with Gasteiger partial charge in [-0.3, -0.25) is 4.79 Å². The number of amides is 1. The van der Waals surface area contributed by atoms with Gasteiger partial charge in [0.25, 0.3) is 0 Å². The van der Waals surface area contributed by atoms with Crippen LogP contribution in [0.4, 0.5) is 8.78 Å². The van der Waals surface area contributed by atoms with Gasteiger partial charge in [-0.25, -0.2) is 8.78 Å². The summed E-state index contributed by atoms with van der Waals surface area (Å²) in [6.45, 7) is 6.94. The second-order valence-electron chi connectivity index (χ2n) is 5.79. The quantitative estimate of drug-likeness (QED) is 0.849. The first-order valence-electron chi connectivity index (χ1n) is 7.10. The summed E-state index contributed by atoms with van der Waals surface area (Å²) in [5, 5.41) is 14.7. The largest absolute Gasteiger partial charge is 0.337 e. The van der Waals surface area contributed by atoms with Crippen LogP contribution in [0.5, 0.6) is 0 Å². The molecule has 0 saturated heterocycles. The zero-order valence-corrected chi connectivity index (χ0v) is 13.2. The number of carbonyl (C=O) groups excluding carboxylic acids is 1. The van der Waals surface area contributed by atoms with E-state index in [1.807, 2.05) is 13.8 Å². The zero-order chi connectivity index (χ0) is 16.9. The molecule has 0 radical (unpaired) electrons. The summed E-state index contributed by atoms with van der Waals surface area (Å²) in [5.41, 5.74) is -0.676. The number of halogens is 2. The van der Waals surface area contributed by atoms with Gasteiger partial charge in [-0.1, -0.05) is 19.9 Å². The Morgan fingerprint density at radius 3 is 2.50 bits per heavy atom. The van der Waals surface area contributed by atoms with Crippen molar-refractivity contribution >= 4 is 5.91 Å². The second-order valence-corrected chi connectivity index (χ2v) is 5.79. The average Bonchev–Trinajstić information content (AvgIpc) is 2.44. The van der Waals surface area contributed by atoms with Crippen molar-refractivity contribution in [2.45, 2.75) is 39.3 Å². The molecule has 1 amide bonds. The smallest absolute Gasteiger partial charge is 0.235 e. The van der Waals surface area contributed by atoms with Crippen LogP contribution < -0.4 is 10.6 Å². The van der Waals surface area contributed by atoms with Gasteiger partial charge in [0.05, 0.1) is 12.6 Å². The molecule has 0 aliphatic carbocycles. The molecule has 120 valence electrons. The number of carbonyl (C=O) groups is 1. The van der Waals surface area contributed by atoms with Crippen LogP contribution >= 0.6 is 0 Å². The molecule has 0 unspecified atom stereocenters. The third-order valence-electron chi connectivity index (χ3n) is 3.78. The molecule has 0 aliphatic rings. The Balaban J connectivity index is 2.62. The van der Waals surface area contributed by atoms with Gasteiger partial charge < -0.3 is 10.6 Å². The van der Waals surface area contributed by atoms with Crippen LogP contribution in [-0.2, 0) is 4.79 Å². The van der Waals surface area contributed by atoms with Crippen molar-refractivity contribution in [2.75, 3.05) is 6.54 Å². The van der Waals surface area contributed by atoms with Gasteiger partial charge in [-0.15, -0.1) is 0 Å². The molecule has 0 fully saturated rings. The van der Waals surface area contributed by atoms with Crippen LogP contribution in [0.25, 0.3) is 0 Å². The molecule has 0 aromatic heterocycles. The highest BCUT2D eigenvalue weighted by Crippen LogP contribution is 2.18. The summed E-state index contributed by atoms with van der Waals surface area (Å²) in [4.78, 5) is 11.9. The van der Waals surface area contributed by atoms with Gasteiger partial charge >= 0.3 is 0 Å². The standard InChI is InChI=1S/C16H21F2N3O/c1-10(2)16(4,9-19)21-15(22)8-20-11(3)13-6-5-12(17)7-14(13)18/h5-7,10-11,20H,8H2,1-4H3,(H,21,22)/t11-,16+/m1/s1. The summed E-state index contributed by atoms with van der Waals surface area (Å²) in [6, 6.07) is 4.94. The molecule has 0 saturated carbocycles. The highest BCUT2D eigenvalue weighted by molar-refractivity contribution is 5.79. The van der Waals surface area contributed by atoms with E-state index in [4.69, 9.17) is 5.26 Å². The van der Waals surface area contributed by atoms with E-state index in [1.54, 1.807) is 13.8 Å². The van der Waals surface area contributed by atoms with Gasteiger partial charge in [0.1, 0.15) is 17.2 Å². The lowest BCUT2D eigenvalue weighted by Crippen LogP contribution is -2.51. The van der Waals surface area contributed by atoms with Crippen LogP contribution in [-0.4, -0.2) is 18.0 Å². The summed E-state index contributed by atoms with van der Waals surface area (Å²) >= 11 is 0. The van der Waals surface area contributed by atoms with Crippen LogP contribution in [0.2, 0.25) is 0 Å². The Kier molecular flexibility index (Phi) is 6.01. The van der Waals surface area contributed by atoms with Gasteiger partial charge in [0.15, 0.2) is 0 Å². The fraction of sp³-hybridized carbons (Fsp3) is 0.500. The summed E-state index contributed by atoms with van der Waals surface area (Å²) in [5.74, 6) is -1.71. The number of rotatable bonds is 6. The van der Waals surface area contributed by atoms with Crippen molar-refractivity contribution in [3.8, 4) is 6.07 Å². The highest BCUT2D eigenvalue weighted by atomic mass is 19.1. The lowest BCUT2D eigenvalue weighted by Gasteiger charge is -2.27. The minimum atomic E-state index is -0.955. The van der Waals surface area contributed by atoms with Crippen molar-refractivity contribution in [2.24, 2.45) is 5.92 Å². The van der Waals surface area contributed by atoms with Gasteiger partial charge in [0, 0.05) is 17.7 Å². The van der Waals surface area contributed by atoms with Gasteiger partial charge in [-0.2, -0.15) is 5.26 Å². The number of nitriles is 1. The van der Waals surface area contributed by atoms with E-state index in [9.17, 15) is 13.6 Å². The minimum Gasteiger partial charge on any atom is -0.337 e. The Bertz CT molecular complexity index is 583. The molecule has 4 nitrogen and oxygen atoms in total. The van der Waals surface area contributed by atoms with E-state index in [0.717, 1.165) is 6.07 Å². The van der Waals surface area contributed by atoms with Crippen LogP contribution in [0.1, 0.15) is 39.3 Å². The van der Waals surface area contributed by atoms with Crippen molar-refractivity contribution < 1.29 is 13.6 Å². The molecule has 1 aromatic rings. The topological polar surface area (TPSA) is 64.9 Å². The molecular formula is C16H21F2N3O. The fourth-order valence-corrected chi connectivity index (χ4v) is 1.84.